The number of Topliss-reactive ketones (excluding diaryl/α,β-unsaturated/α-hetero) is 1. The van der Waals surface area contributed by atoms with Gasteiger partial charge in [0, 0.05) is 44.4 Å². The lowest BCUT2D eigenvalue weighted by atomic mass is 10.0. The summed E-state index contributed by atoms with van der Waals surface area (Å²) in [6.07, 6.45) is 6.15. The van der Waals surface area contributed by atoms with E-state index < -0.39 is 0 Å². The number of carbonyl (C=O) groups excluding carboxylic acids is 1. The van der Waals surface area contributed by atoms with Crippen LogP contribution >= 0.6 is 11.3 Å². The Hall–Kier alpha value is -3.14. The average molecular weight is 533 g/mol. The molecule has 0 saturated carbocycles. The molecule has 5 rings (SSSR count). The van der Waals surface area contributed by atoms with Gasteiger partial charge in [-0.05, 0) is 62.5 Å². The number of hydrogen-bond acceptors (Lipinski definition) is 8. The van der Waals surface area contributed by atoms with E-state index in [-0.39, 0.29) is 11.9 Å². The van der Waals surface area contributed by atoms with Crippen LogP contribution in [0.2, 0.25) is 0 Å². The predicted molar refractivity (Wildman–Crippen MR) is 153 cm³/mol. The third-order valence-electron chi connectivity index (χ3n) is 7.58. The molecular formula is C29H36N6O2S. The third kappa shape index (κ3) is 5.50. The molecule has 9 heteroatoms. The average Bonchev–Trinajstić information content (AvgIpc) is 3.72. The first-order chi connectivity index (χ1) is 18.5. The molecule has 8 nitrogen and oxygen atoms in total. The Morgan fingerprint density at radius 3 is 2.76 bits per heavy atom. The first-order valence-electron chi connectivity index (χ1n) is 13.5. The first-order valence-corrected chi connectivity index (χ1v) is 14.3. The molecule has 0 radical (unpaired) electrons. The van der Waals surface area contributed by atoms with Crippen LogP contribution in [-0.2, 0) is 4.74 Å². The molecule has 5 heterocycles. The maximum absolute atomic E-state index is 13.5. The van der Waals surface area contributed by atoms with Crippen LogP contribution in [0.15, 0.2) is 48.1 Å². The minimum absolute atomic E-state index is 0.139. The van der Waals surface area contributed by atoms with Gasteiger partial charge in [-0.2, -0.15) is 5.10 Å². The zero-order chi connectivity index (χ0) is 26.6. The second-order valence-corrected chi connectivity index (χ2v) is 10.8. The van der Waals surface area contributed by atoms with E-state index in [9.17, 15) is 4.79 Å². The van der Waals surface area contributed by atoms with Crippen molar-refractivity contribution >= 4 is 28.6 Å². The van der Waals surface area contributed by atoms with Crippen molar-refractivity contribution in [1.29, 1.82) is 0 Å². The van der Waals surface area contributed by atoms with Crippen molar-refractivity contribution in [3.05, 3.63) is 53.7 Å². The largest absolute Gasteiger partial charge is 0.380 e. The highest BCUT2D eigenvalue weighted by Gasteiger charge is 2.25. The van der Waals surface area contributed by atoms with Gasteiger partial charge in [0.2, 0.25) is 0 Å². The predicted octanol–water partition coefficient (Wildman–Crippen LogP) is 5.44. The summed E-state index contributed by atoms with van der Waals surface area (Å²) >= 11 is 1.66. The Kier molecular flexibility index (Phi) is 8.16. The molecule has 0 aliphatic carbocycles. The number of pyridine rings is 1. The van der Waals surface area contributed by atoms with Crippen molar-refractivity contribution in [3.63, 3.8) is 0 Å². The van der Waals surface area contributed by atoms with Gasteiger partial charge in [0.25, 0.3) is 0 Å². The van der Waals surface area contributed by atoms with Crippen LogP contribution in [0.1, 0.15) is 50.4 Å². The van der Waals surface area contributed by atoms with Gasteiger partial charge in [0.05, 0.1) is 34.1 Å². The highest BCUT2D eigenvalue weighted by atomic mass is 32.1. The van der Waals surface area contributed by atoms with E-state index >= 15 is 0 Å². The second kappa shape index (κ2) is 11.7. The molecule has 0 unspecified atom stereocenters. The summed E-state index contributed by atoms with van der Waals surface area (Å²) in [5.74, 6) is 0.941. The molecule has 0 N–H and O–H groups in total. The van der Waals surface area contributed by atoms with E-state index in [1.807, 2.05) is 35.8 Å². The van der Waals surface area contributed by atoms with E-state index in [0.717, 1.165) is 66.6 Å². The van der Waals surface area contributed by atoms with Crippen LogP contribution in [0, 0.1) is 0 Å². The number of nitrogens with zero attached hydrogens (tertiary/aromatic N) is 6. The maximum Gasteiger partial charge on any atom is 0.165 e. The van der Waals surface area contributed by atoms with Crippen molar-refractivity contribution in [1.82, 2.24) is 24.5 Å². The molecule has 1 saturated heterocycles. The van der Waals surface area contributed by atoms with Gasteiger partial charge in [0.15, 0.2) is 11.4 Å². The lowest BCUT2D eigenvalue weighted by molar-refractivity contribution is 0.0964. The number of hydrogen-bond donors (Lipinski definition) is 0. The lowest BCUT2D eigenvalue weighted by Crippen LogP contribution is -2.33. The van der Waals surface area contributed by atoms with Gasteiger partial charge < -0.3 is 14.5 Å². The van der Waals surface area contributed by atoms with E-state index in [0.29, 0.717) is 23.7 Å². The molecule has 1 aliphatic rings. The summed E-state index contributed by atoms with van der Waals surface area (Å²) < 4.78 is 7.36. The number of ketones is 1. The molecule has 1 fully saturated rings. The van der Waals surface area contributed by atoms with Crippen molar-refractivity contribution in [2.75, 3.05) is 38.2 Å². The van der Waals surface area contributed by atoms with Crippen molar-refractivity contribution < 1.29 is 9.53 Å². The van der Waals surface area contributed by atoms with Gasteiger partial charge in [-0.3, -0.25) is 4.79 Å². The number of ether oxygens (including phenoxy) is 1. The Morgan fingerprint density at radius 1 is 1.21 bits per heavy atom. The quantitative estimate of drug-likeness (QED) is 0.238. The van der Waals surface area contributed by atoms with Crippen molar-refractivity contribution in [3.8, 4) is 21.8 Å². The zero-order valence-electron chi connectivity index (χ0n) is 22.6. The van der Waals surface area contributed by atoms with Crippen LogP contribution < -0.4 is 4.90 Å². The summed E-state index contributed by atoms with van der Waals surface area (Å²) in [5.41, 5.74) is 3.85. The molecule has 4 aromatic heterocycles. The molecule has 0 amide bonds. The van der Waals surface area contributed by atoms with Gasteiger partial charge >= 0.3 is 0 Å². The van der Waals surface area contributed by atoms with Gasteiger partial charge in [-0.1, -0.05) is 19.9 Å². The third-order valence-corrected chi connectivity index (χ3v) is 8.47. The van der Waals surface area contributed by atoms with Crippen LogP contribution in [0.3, 0.4) is 0 Å². The molecule has 0 aromatic carbocycles. The molecule has 1 aliphatic heterocycles. The smallest absolute Gasteiger partial charge is 0.165 e. The fourth-order valence-corrected chi connectivity index (χ4v) is 5.93. The number of carbonyl (C=O) groups is 1. The number of anilines is 1. The fraction of sp³-hybridized carbons (Fsp3) is 0.448. The van der Waals surface area contributed by atoms with Crippen molar-refractivity contribution in [2.24, 2.45) is 0 Å². The minimum Gasteiger partial charge on any atom is -0.380 e. The monoisotopic (exact) mass is 532 g/mol. The molecular weight excluding hydrogens is 496 g/mol. The fourth-order valence-electron chi connectivity index (χ4n) is 5.23. The maximum atomic E-state index is 13.5. The minimum atomic E-state index is 0.139. The molecule has 0 bridgehead atoms. The van der Waals surface area contributed by atoms with Crippen LogP contribution in [-0.4, -0.2) is 75.7 Å². The Bertz CT molecular complexity index is 1380. The molecule has 2 atom stereocenters. The number of thiophene rings is 1. The molecule has 4 aromatic rings. The standard InChI is InChI=1S/C29H36N6O2S/c1-5-33(6-2)20(3)9-10-26(36)21-16-25(31-28(17-21)34-13-11-22(19-34)37-4)23-18-30-35-14-12-24(32-29(23)35)27-8-7-15-38-27/h7-8,12,14-18,20,22H,5-6,9-11,13,19H2,1-4H3/t20-,22-/m0/s1. The molecule has 200 valence electrons. The summed E-state index contributed by atoms with van der Waals surface area (Å²) in [5, 5.41) is 6.58. The Morgan fingerprint density at radius 2 is 2.05 bits per heavy atom. The van der Waals surface area contributed by atoms with Crippen molar-refractivity contribution in [2.45, 2.75) is 52.2 Å². The summed E-state index contributed by atoms with van der Waals surface area (Å²) in [6, 6.07) is 10.3. The summed E-state index contributed by atoms with van der Waals surface area (Å²) in [4.78, 5) is 29.2. The lowest BCUT2D eigenvalue weighted by Gasteiger charge is -2.26. The highest BCUT2D eigenvalue weighted by molar-refractivity contribution is 7.13. The van der Waals surface area contributed by atoms with Gasteiger partial charge in [0.1, 0.15) is 5.82 Å². The zero-order valence-corrected chi connectivity index (χ0v) is 23.4. The number of rotatable bonds is 11. The number of methoxy groups -OCH3 is 1. The van der Waals surface area contributed by atoms with E-state index in [1.54, 1.807) is 29.2 Å². The summed E-state index contributed by atoms with van der Waals surface area (Å²) in [7, 11) is 1.75. The van der Waals surface area contributed by atoms with Crippen LogP contribution in [0.25, 0.3) is 27.5 Å². The van der Waals surface area contributed by atoms with Crippen LogP contribution in [0.5, 0.6) is 0 Å². The van der Waals surface area contributed by atoms with E-state index in [4.69, 9.17) is 14.7 Å². The Labute approximate surface area is 228 Å². The number of aromatic nitrogens is 4. The van der Waals surface area contributed by atoms with E-state index in [2.05, 4.69) is 41.7 Å². The molecule has 38 heavy (non-hydrogen) atoms. The topological polar surface area (TPSA) is 75.9 Å². The van der Waals surface area contributed by atoms with Gasteiger partial charge in [-0.15, -0.1) is 11.3 Å². The van der Waals surface area contributed by atoms with Gasteiger partial charge in [-0.25, -0.2) is 14.5 Å². The van der Waals surface area contributed by atoms with E-state index in [1.165, 1.54) is 0 Å². The second-order valence-electron chi connectivity index (χ2n) is 9.84. The SMILES string of the molecule is CCN(CC)[C@@H](C)CCC(=O)c1cc(-c2cnn3ccc(-c4cccs4)nc23)nc(N2CC[C@H](OC)C2)c1. The molecule has 0 spiro atoms. The first kappa shape index (κ1) is 26.5. The Balaban J connectivity index is 1.51. The normalized spacial score (nSPS) is 16.6. The van der Waals surface area contributed by atoms with Crippen LogP contribution in [0.4, 0.5) is 5.82 Å². The number of fused-ring (bicyclic) bond motifs is 1. The summed E-state index contributed by atoms with van der Waals surface area (Å²) in [6.45, 7) is 10.1. The highest BCUT2D eigenvalue weighted by Crippen LogP contribution is 2.30.